The molecule has 36 heavy (non-hydrogen) atoms. The molecular weight excluding hydrogens is 482 g/mol. The van der Waals surface area contributed by atoms with Crippen molar-refractivity contribution in [2.75, 3.05) is 24.8 Å². The van der Waals surface area contributed by atoms with Gasteiger partial charge in [0, 0.05) is 12.2 Å². The molecular formula is C25H29N5O5S. The summed E-state index contributed by atoms with van der Waals surface area (Å²) in [7, 11) is 1.31. The fourth-order valence-electron chi connectivity index (χ4n) is 3.40. The van der Waals surface area contributed by atoms with Crippen molar-refractivity contribution in [1.82, 2.24) is 20.1 Å². The van der Waals surface area contributed by atoms with Crippen molar-refractivity contribution in [2.24, 2.45) is 0 Å². The number of ether oxygens (including phenoxy) is 2. The molecule has 1 aromatic heterocycles. The van der Waals surface area contributed by atoms with Gasteiger partial charge in [-0.25, -0.2) is 4.79 Å². The van der Waals surface area contributed by atoms with E-state index in [2.05, 4.69) is 25.6 Å². The third kappa shape index (κ3) is 7.08. The number of aromatic nitrogens is 3. The summed E-state index contributed by atoms with van der Waals surface area (Å²) in [5.41, 5.74) is 2.91. The number of para-hydroxylation sites is 1. The number of hydrogen-bond acceptors (Lipinski definition) is 8. The summed E-state index contributed by atoms with van der Waals surface area (Å²) in [4.78, 5) is 36.2. The second-order valence-electron chi connectivity index (χ2n) is 7.84. The Morgan fingerprint density at radius 3 is 2.33 bits per heavy atom. The van der Waals surface area contributed by atoms with Gasteiger partial charge in [0.15, 0.2) is 17.6 Å². The number of nitrogens with one attached hydrogen (secondary N) is 2. The van der Waals surface area contributed by atoms with Crippen LogP contribution < -0.4 is 15.4 Å². The maximum absolute atomic E-state index is 12.4. The number of hydrogen-bond donors (Lipinski definition) is 2. The van der Waals surface area contributed by atoms with E-state index in [9.17, 15) is 14.4 Å². The maximum atomic E-state index is 12.4. The zero-order chi connectivity index (χ0) is 26.1. The summed E-state index contributed by atoms with van der Waals surface area (Å²) in [6.07, 6.45) is 0. The molecule has 0 bridgehead atoms. The number of thioether (sulfide) groups is 1. The van der Waals surface area contributed by atoms with Gasteiger partial charge in [0.05, 0.1) is 25.0 Å². The topological polar surface area (TPSA) is 124 Å². The molecule has 190 valence electrons. The van der Waals surface area contributed by atoms with Gasteiger partial charge in [-0.3, -0.25) is 9.59 Å². The minimum atomic E-state index is -0.441. The Morgan fingerprint density at radius 2 is 1.69 bits per heavy atom. The standard InChI is InChI=1S/C25H29N5O5S/c1-5-30-20(13-26-21(31)14-35-23-16(2)7-6-8-17(23)3)28-29-25(30)36-15-22(32)27-19-11-9-18(10-12-19)24(33)34-4/h6-12H,5,13-15H2,1-4H3,(H,26,31)(H,27,32). The van der Waals surface area contributed by atoms with Crippen molar-refractivity contribution < 1.29 is 23.9 Å². The number of amides is 2. The van der Waals surface area contributed by atoms with Crippen molar-refractivity contribution in [3.05, 3.63) is 65.0 Å². The van der Waals surface area contributed by atoms with Gasteiger partial charge in [-0.2, -0.15) is 0 Å². The average molecular weight is 512 g/mol. The molecule has 3 rings (SSSR count). The van der Waals surface area contributed by atoms with Crippen LogP contribution in [0, 0.1) is 13.8 Å². The Morgan fingerprint density at radius 1 is 1.00 bits per heavy atom. The SMILES string of the molecule is CCn1c(CNC(=O)COc2c(C)cccc2C)nnc1SCC(=O)Nc1ccc(C(=O)OC)cc1. The van der Waals surface area contributed by atoms with Crippen LogP contribution in [0.4, 0.5) is 5.69 Å². The number of rotatable bonds is 11. The van der Waals surface area contributed by atoms with E-state index >= 15 is 0 Å². The van der Waals surface area contributed by atoms with E-state index in [4.69, 9.17) is 4.74 Å². The molecule has 0 aliphatic rings. The fourth-order valence-corrected chi connectivity index (χ4v) is 4.22. The van der Waals surface area contributed by atoms with Gasteiger partial charge in [0.2, 0.25) is 5.91 Å². The van der Waals surface area contributed by atoms with E-state index in [1.165, 1.54) is 18.9 Å². The van der Waals surface area contributed by atoms with Crippen LogP contribution in [0.25, 0.3) is 0 Å². The molecule has 3 aromatic rings. The second-order valence-corrected chi connectivity index (χ2v) is 8.78. The number of anilines is 1. The molecule has 2 aromatic carbocycles. The third-order valence-electron chi connectivity index (χ3n) is 5.23. The number of nitrogens with zero attached hydrogens (tertiary/aromatic N) is 3. The highest BCUT2D eigenvalue weighted by atomic mass is 32.2. The van der Waals surface area contributed by atoms with Crippen molar-refractivity contribution in [2.45, 2.75) is 39.0 Å². The summed E-state index contributed by atoms with van der Waals surface area (Å²) in [5.74, 6) is 0.473. The third-order valence-corrected chi connectivity index (χ3v) is 6.20. The molecule has 0 radical (unpaired) electrons. The molecule has 2 N–H and O–H groups in total. The molecule has 2 amide bonds. The van der Waals surface area contributed by atoms with Gasteiger partial charge in [0.1, 0.15) is 5.75 Å². The summed E-state index contributed by atoms with van der Waals surface area (Å²) in [6.45, 7) is 6.47. The Bertz CT molecular complexity index is 1210. The molecule has 0 aliphatic carbocycles. The normalized spacial score (nSPS) is 10.6. The number of carbonyl (C=O) groups excluding carboxylic acids is 3. The molecule has 0 unspecified atom stereocenters. The largest absolute Gasteiger partial charge is 0.483 e. The van der Waals surface area contributed by atoms with E-state index in [1.807, 2.05) is 43.5 Å². The highest BCUT2D eigenvalue weighted by Crippen LogP contribution is 2.22. The van der Waals surface area contributed by atoms with Gasteiger partial charge in [-0.15, -0.1) is 10.2 Å². The number of aryl methyl sites for hydroxylation is 2. The summed E-state index contributed by atoms with van der Waals surface area (Å²) < 4.78 is 12.2. The first-order valence-corrected chi connectivity index (χ1v) is 12.3. The van der Waals surface area contributed by atoms with Gasteiger partial charge < -0.3 is 24.7 Å². The van der Waals surface area contributed by atoms with Gasteiger partial charge >= 0.3 is 5.97 Å². The van der Waals surface area contributed by atoms with Crippen LogP contribution in [0.3, 0.4) is 0 Å². The monoisotopic (exact) mass is 511 g/mol. The maximum Gasteiger partial charge on any atom is 0.337 e. The van der Waals surface area contributed by atoms with Crippen LogP contribution in [0.15, 0.2) is 47.6 Å². The van der Waals surface area contributed by atoms with Crippen molar-refractivity contribution >= 4 is 35.2 Å². The average Bonchev–Trinajstić information content (AvgIpc) is 3.27. The van der Waals surface area contributed by atoms with Gasteiger partial charge in [-0.1, -0.05) is 30.0 Å². The highest BCUT2D eigenvalue weighted by molar-refractivity contribution is 7.99. The van der Waals surface area contributed by atoms with Crippen LogP contribution in [-0.4, -0.2) is 52.0 Å². The first kappa shape index (κ1) is 26.7. The van der Waals surface area contributed by atoms with E-state index < -0.39 is 5.97 Å². The predicted octanol–water partition coefficient (Wildman–Crippen LogP) is 3.13. The molecule has 0 aliphatic heterocycles. The zero-order valence-electron chi connectivity index (χ0n) is 20.7. The Kier molecular flexibility index (Phi) is 9.46. The molecule has 0 atom stereocenters. The first-order valence-electron chi connectivity index (χ1n) is 11.3. The van der Waals surface area contributed by atoms with Crippen LogP contribution in [0.2, 0.25) is 0 Å². The number of esters is 1. The minimum absolute atomic E-state index is 0.103. The lowest BCUT2D eigenvalue weighted by Crippen LogP contribution is -2.29. The number of methoxy groups -OCH3 is 1. The zero-order valence-corrected chi connectivity index (χ0v) is 21.5. The molecule has 1 heterocycles. The van der Waals surface area contributed by atoms with Crippen LogP contribution in [0.1, 0.15) is 34.2 Å². The van der Waals surface area contributed by atoms with E-state index in [0.717, 1.165) is 11.1 Å². The number of benzene rings is 2. The quantitative estimate of drug-likeness (QED) is 0.297. The predicted molar refractivity (Wildman–Crippen MR) is 136 cm³/mol. The molecule has 0 fully saturated rings. The van der Waals surface area contributed by atoms with E-state index in [1.54, 1.807) is 24.3 Å². The van der Waals surface area contributed by atoms with Crippen molar-refractivity contribution in [3.8, 4) is 5.75 Å². The molecule has 0 spiro atoms. The summed E-state index contributed by atoms with van der Waals surface area (Å²) in [6, 6.07) is 12.2. The Hall–Kier alpha value is -3.86. The second kappa shape index (κ2) is 12.7. The van der Waals surface area contributed by atoms with Crippen LogP contribution in [-0.2, 0) is 27.4 Å². The Balaban J connectivity index is 1.49. The smallest absolute Gasteiger partial charge is 0.337 e. The fraction of sp³-hybridized carbons (Fsp3) is 0.320. The molecule has 0 saturated heterocycles. The summed E-state index contributed by atoms with van der Waals surface area (Å²) >= 11 is 1.24. The van der Waals surface area contributed by atoms with Gasteiger partial charge in [0.25, 0.3) is 5.91 Å². The Labute approximate surface area is 213 Å². The van der Waals surface area contributed by atoms with Crippen LogP contribution in [0.5, 0.6) is 5.75 Å². The molecule has 10 nitrogen and oxygen atoms in total. The van der Waals surface area contributed by atoms with E-state index in [-0.39, 0.29) is 30.7 Å². The van der Waals surface area contributed by atoms with E-state index in [0.29, 0.717) is 34.5 Å². The number of carbonyl (C=O) groups is 3. The van der Waals surface area contributed by atoms with Crippen LogP contribution >= 0.6 is 11.8 Å². The molecule has 11 heteroatoms. The van der Waals surface area contributed by atoms with Crippen molar-refractivity contribution in [1.29, 1.82) is 0 Å². The minimum Gasteiger partial charge on any atom is -0.483 e. The lowest BCUT2D eigenvalue weighted by molar-refractivity contribution is -0.123. The first-order chi connectivity index (χ1) is 17.3. The summed E-state index contributed by atoms with van der Waals surface area (Å²) in [5, 5.41) is 14.5. The van der Waals surface area contributed by atoms with Gasteiger partial charge in [-0.05, 0) is 56.2 Å². The molecule has 0 saturated carbocycles. The highest BCUT2D eigenvalue weighted by Gasteiger charge is 2.15. The lowest BCUT2D eigenvalue weighted by Gasteiger charge is -2.12. The van der Waals surface area contributed by atoms with Crippen molar-refractivity contribution in [3.63, 3.8) is 0 Å². The lowest BCUT2D eigenvalue weighted by atomic mass is 10.1.